The number of piperazine rings is 1. The van der Waals surface area contributed by atoms with Gasteiger partial charge in [-0.15, -0.1) is 11.3 Å². The average molecular weight is 302 g/mol. The largest absolute Gasteiger partial charge is 0.396 e. The van der Waals surface area contributed by atoms with E-state index in [0.29, 0.717) is 16.6 Å². The second-order valence-electron chi connectivity index (χ2n) is 5.78. The molecule has 2 aliphatic heterocycles. The molecule has 0 bridgehead atoms. The Kier molecular flexibility index (Phi) is 3.08. The molecule has 2 aromatic rings. The fourth-order valence-electron chi connectivity index (χ4n) is 3.43. The lowest BCUT2D eigenvalue weighted by atomic mass is 10.1. The second-order valence-corrected chi connectivity index (χ2v) is 6.83. The summed E-state index contributed by atoms with van der Waals surface area (Å²) in [4.78, 5) is 22.2. The molecule has 0 spiro atoms. The van der Waals surface area contributed by atoms with Gasteiger partial charge < -0.3 is 10.6 Å². The van der Waals surface area contributed by atoms with Crippen molar-refractivity contribution < 1.29 is 4.79 Å². The van der Waals surface area contributed by atoms with Gasteiger partial charge in [-0.05, 0) is 31.5 Å². The molecule has 5 nitrogen and oxygen atoms in total. The van der Waals surface area contributed by atoms with Crippen LogP contribution >= 0.6 is 11.3 Å². The minimum absolute atomic E-state index is 0.0713. The van der Waals surface area contributed by atoms with E-state index in [0.717, 1.165) is 29.9 Å². The van der Waals surface area contributed by atoms with Crippen molar-refractivity contribution >= 4 is 33.1 Å². The minimum Gasteiger partial charge on any atom is -0.396 e. The van der Waals surface area contributed by atoms with Crippen molar-refractivity contribution in [2.45, 2.75) is 18.9 Å². The van der Waals surface area contributed by atoms with E-state index in [1.54, 1.807) is 6.20 Å². The third-order valence-corrected chi connectivity index (χ3v) is 5.70. The van der Waals surface area contributed by atoms with Crippen LogP contribution < -0.4 is 5.73 Å². The van der Waals surface area contributed by atoms with Gasteiger partial charge in [-0.25, -0.2) is 0 Å². The summed E-state index contributed by atoms with van der Waals surface area (Å²) in [7, 11) is 0. The van der Waals surface area contributed by atoms with Crippen LogP contribution in [0.25, 0.3) is 10.2 Å². The zero-order valence-electron chi connectivity index (χ0n) is 11.8. The van der Waals surface area contributed by atoms with E-state index in [4.69, 9.17) is 5.73 Å². The van der Waals surface area contributed by atoms with Crippen LogP contribution in [0.3, 0.4) is 0 Å². The second kappa shape index (κ2) is 4.96. The third-order valence-electron chi connectivity index (χ3n) is 4.55. The lowest BCUT2D eigenvalue weighted by Gasteiger charge is -2.37. The monoisotopic (exact) mass is 302 g/mol. The zero-order chi connectivity index (χ0) is 14.4. The maximum absolute atomic E-state index is 12.8. The van der Waals surface area contributed by atoms with Crippen LogP contribution in [-0.2, 0) is 0 Å². The van der Waals surface area contributed by atoms with Crippen molar-refractivity contribution in [3.63, 3.8) is 0 Å². The summed E-state index contributed by atoms with van der Waals surface area (Å²) in [5.74, 6) is 0.0713. The maximum Gasteiger partial charge on any atom is 0.266 e. The molecular weight excluding hydrogens is 284 g/mol. The zero-order valence-corrected chi connectivity index (χ0v) is 12.6. The Hall–Kier alpha value is -1.66. The first-order chi connectivity index (χ1) is 10.2. The molecule has 4 rings (SSSR count). The number of hydrogen-bond acceptors (Lipinski definition) is 5. The first kappa shape index (κ1) is 13.0. The number of nitrogen functional groups attached to an aromatic ring is 1. The van der Waals surface area contributed by atoms with E-state index in [1.165, 1.54) is 30.7 Å². The molecule has 0 radical (unpaired) electrons. The molecular formula is C15H18N4OS. The number of rotatable bonds is 1. The maximum atomic E-state index is 12.8. The highest BCUT2D eigenvalue weighted by atomic mass is 32.1. The highest BCUT2D eigenvalue weighted by molar-refractivity contribution is 7.21. The number of carbonyl (C=O) groups excluding carboxylic acids is 1. The average Bonchev–Trinajstić information content (AvgIpc) is 3.11. The van der Waals surface area contributed by atoms with E-state index in [1.807, 2.05) is 17.0 Å². The smallest absolute Gasteiger partial charge is 0.266 e. The fourth-order valence-corrected chi connectivity index (χ4v) is 4.47. The number of anilines is 1. The quantitative estimate of drug-likeness (QED) is 0.872. The van der Waals surface area contributed by atoms with Gasteiger partial charge in [-0.1, -0.05) is 0 Å². The molecule has 21 heavy (non-hydrogen) atoms. The third kappa shape index (κ3) is 2.10. The summed E-state index contributed by atoms with van der Waals surface area (Å²) >= 11 is 1.46. The summed E-state index contributed by atoms with van der Waals surface area (Å²) in [6.07, 6.45) is 4.17. The van der Waals surface area contributed by atoms with Crippen LogP contribution in [0.1, 0.15) is 22.5 Å². The number of amides is 1. The van der Waals surface area contributed by atoms with Gasteiger partial charge in [0.1, 0.15) is 10.4 Å². The number of aromatic nitrogens is 1. The van der Waals surface area contributed by atoms with Gasteiger partial charge >= 0.3 is 0 Å². The molecule has 2 fully saturated rings. The van der Waals surface area contributed by atoms with E-state index in [9.17, 15) is 4.79 Å². The van der Waals surface area contributed by atoms with Crippen molar-refractivity contribution in [1.29, 1.82) is 0 Å². The molecule has 1 unspecified atom stereocenters. The van der Waals surface area contributed by atoms with Crippen LogP contribution in [0.2, 0.25) is 0 Å². The predicted octanol–water partition coefficient (Wildman–Crippen LogP) is 1.80. The highest BCUT2D eigenvalue weighted by Gasteiger charge is 2.33. The van der Waals surface area contributed by atoms with Crippen LogP contribution in [-0.4, -0.2) is 52.9 Å². The van der Waals surface area contributed by atoms with Crippen LogP contribution in [0, 0.1) is 0 Å². The Morgan fingerprint density at radius 1 is 1.38 bits per heavy atom. The van der Waals surface area contributed by atoms with E-state index < -0.39 is 0 Å². The van der Waals surface area contributed by atoms with Crippen molar-refractivity contribution in [3.8, 4) is 0 Å². The van der Waals surface area contributed by atoms with Gasteiger partial charge in [0.25, 0.3) is 5.91 Å². The summed E-state index contributed by atoms with van der Waals surface area (Å²) in [5.41, 5.74) is 7.43. The Morgan fingerprint density at radius 2 is 2.29 bits per heavy atom. The van der Waals surface area contributed by atoms with Crippen LogP contribution in [0.15, 0.2) is 18.3 Å². The summed E-state index contributed by atoms with van der Waals surface area (Å²) in [5, 5.41) is 0. The minimum atomic E-state index is 0.0713. The molecule has 1 atom stereocenters. The van der Waals surface area contributed by atoms with Crippen LogP contribution in [0.4, 0.5) is 5.69 Å². The van der Waals surface area contributed by atoms with E-state index in [2.05, 4.69) is 9.88 Å². The number of hydrogen-bond donors (Lipinski definition) is 1. The molecule has 2 saturated heterocycles. The number of pyridine rings is 1. The van der Waals surface area contributed by atoms with E-state index >= 15 is 0 Å². The number of fused-ring (bicyclic) bond motifs is 2. The molecule has 0 aromatic carbocycles. The lowest BCUT2D eigenvalue weighted by Crippen LogP contribution is -2.52. The van der Waals surface area contributed by atoms with Crippen molar-refractivity contribution in [1.82, 2.24) is 14.8 Å². The Bertz CT molecular complexity index is 698. The Morgan fingerprint density at radius 3 is 3.14 bits per heavy atom. The van der Waals surface area contributed by atoms with Crippen LogP contribution in [0.5, 0.6) is 0 Å². The van der Waals surface area contributed by atoms with E-state index in [-0.39, 0.29) is 5.91 Å². The summed E-state index contributed by atoms with van der Waals surface area (Å²) in [6.45, 7) is 3.80. The number of nitrogens with zero attached hydrogens (tertiary/aromatic N) is 3. The molecule has 4 heterocycles. The van der Waals surface area contributed by atoms with Crippen molar-refractivity contribution in [3.05, 3.63) is 23.2 Å². The van der Waals surface area contributed by atoms with Gasteiger partial charge in [-0.2, -0.15) is 0 Å². The van der Waals surface area contributed by atoms with Gasteiger partial charge in [0.2, 0.25) is 0 Å². The lowest BCUT2D eigenvalue weighted by molar-refractivity contribution is 0.0577. The predicted molar refractivity (Wildman–Crippen MR) is 84.5 cm³/mol. The van der Waals surface area contributed by atoms with Crippen molar-refractivity contribution in [2.75, 3.05) is 31.9 Å². The van der Waals surface area contributed by atoms with Gasteiger partial charge in [-0.3, -0.25) is 14.7 Å². The van der Waals surface area contributed by atoms with Gasteiger partial charge in [0.15, 0.2) is 0 Å². The molecule has 110 valence electrons. The Balaban J connectivity index is 1.62. The topological polar surface area (TPSA) is 62.5 Å². The molecule has 2 aliphatic rings. The molecule has 6 heteroatoms. The molecule has 0 saturated carbocycles. The van der Waals surface area contributed by atoms with Gasteiger partial charge in [0.05, 0.1) is 10.4 Å². The summed E-state index contributed by atoms with van der Waals surface area (Å²) < 4.78 is 0.984. The standard InChI is InChI=1S/C15H18N4OS/c16-12-13-11(4-1-5-17-13)21-14(12)15(20)19-8-7-18-6-2-3-10(18)9-19/h1,4-5,10H,2-3,6-9,16H2. The molecule has 0 aliphatic carbocycles. The number of carbonyl (C=O) groups is 1. The number of thiophene rings is 1. The SMILES string of the molecule is Nc1c(C(=O)N2CCN3CCCC3C2)sc2cccnc12. The van der Waals surface area contributed by atoms with Gasteiger partial charge in [0, 0.05) is 31.9 Å². The normalized spacial score (nSPS) is 22.7. The molecule has 2 N–H and O–H groups in total. The van der Waals surface area contributed by atoms with Crippen molar-refractivity contribution in [2.24, 2.45) is 0 Å². The first-order valence-corrected chi connectivity index (χ1v) is 8.22. The first-order valence-electron chi connectivity index (χ1n) is 7.40. The highest BCUT2D eigenvalue weighted by Crippen LogP contribution is 2.33. The summed E-state index contributed by atoms with van der Waals surface area (Å²) in [6, 6.07) is 4.38. The molecule has 1 amide bonds. The fraction of sp³-hybridized carbons (Fsp3) is 0.467. The number of nitrogens with two attached hydrogens (primary N) is 1. The Labute approximate surface area is 127 Å². The molecule has 2 aromatic heterocycles.